The number of ether oxygens (including phenoxy) is 1. The smallest absolute Gasteiger partial charge is 0.250 e. The van der Waals surface area contributed by atoms with E-state index in [1.807, 2.05) is 0 Å². The molecule has 188 valence electrons. The van der Waals surface area contributed by atoms with Gasteiger partial charge in [0.25, 0.3) is 0 Å². The molecule has 0 radical (unpaired) electrons. The first-order chi connectivity index (χ1) is 16.9. The number of benzene rings is 3. The fourth-order valence-corrected chi connectivity index (χ4v) is 5.53. The van der Waals surface area contributed by atoms with Gasteiger partial charge in [0, 0.05) is 17.0 Å². The third kappa shape index (κ3) is 5.32. The average molecular weight is 562 g/mol. The molecular formula is C32H37BrO2Si. The van der Waals surface area contributed by atoms with Crippen LogP contribution in [0.25, 0.3) is 11.1 Å². The Labute approximate surface area is 226 Å². The van der Waals surface area contributed by atoms with Crippen molar-refractivity contribution in [3.8, 4) is 16.9 Å². The Kier molecular flexibility index (Phi) is 7.26. The predicted molar refractivity (Wildman–Crippen MR) is 158 cm³/mol. The largest absolute Gasteiger partial charge is 0.544 e. The molecule has 0 fully saturated rings. The van der Waals surface area contributed by atoms with Crippen molar-refractivity contribution in [3.05, 3.63) is 113 Å². The minimum atomic E-state index is -1.85. The molecule has 0 amide bonds. The molecule has 1 aliphatic carbocycles. The molecule has 3 aromatic rings. The van der Waals surface area contributed by atoms with Gasteiger partial charge < -0.3 is 9.16 Å². The van der Waals surface area contributed by atoms with E-state index in [4.69, 9.17) is 9.16 Å². The Morgan fingerprint density at radius 2 is 1.17 bits per heavy atom. The third-order valence-electron chi connectivity index (χ3n) is 7.86. The number of allylic oxidation sites excluding steroid dienone is 2. The van der Waals surface area contributed by atoms with Gasteiger partial charge in [0.1, 0.15) is 11.4 Å². The summed E-state index contributed by atoms with van der Waals surface area (Å²) in [7, 11) is -0.0755. The first kappa shape index (κ1) is 26.7. The van der Waals surface area contributed by atoms with Crippen molar-refractivity contribution in [3.63, 3.8) is 0 Å². The number of halogens is 1. The zero-order valence-electron chi connectivity index (χ0n) is 22.4. The Morgan fingerprint density at radius 3 is 1.64 bits per heavy atom. The van der Waals surface area contributed by atoms with Crippen LogP contribution in [-0.2, 0) is 15.8 Å². The lowest BCUT2D eigenvalue weighted by atomic mass is 9.75. The summed E-state index contributed by atoms with van der Waals surface area (Å²) in [6.07, 6.45) is 8.84. The van der Waals surface area contributed by atoms with E-state index < -0.39 is 13.9 Å². The van der Waals surface area contributed by atoms with E-state index in [-0.39, 0.29) is 10.5 Å². The fraction of sp³-hybridized carbons (Fsp3) is 0.312. The highest BCUT2D eigenvalue weighted by Crippen LogP contribution is 2.40. The zero-order valence-corrected chi connectivity index (χ0v) is 25.0. The van der Waals surface area contributed by atoms with Crippen LogP contribution in [0, 0.1) is 0 Å². The molecule has 0 aromatic heterocycles. The number of hydrogen-bond acceptors (Lipinski definition) is 2. The summed E-state index contributed by atoms with van der Waals surface area (Å²) in [6.45, 7) is 13.6. The average Bonchev–Trinajstić information content (AvgIpc) is 2.85. The van der Waals surface area contributed by atoms with Crippen molar-refractivity contribution < 1.29 is 9.16 Å². The first-order valence-corrected chi connectivity index (χ1v) is 16.2. The van der Waals surface area contributed by atoms with Gasteiger partial charge in [-0.1, -0.05) is 97.4 Å². The summed E-state index contributed by atoms with van der Waals surface area (Å²) in [4.78, 5) is 0. The van der Waals surface area contributed by atoms with E-state index in [0.717, 1.165) is 15.8 Å². The molecule has 0 N–H and O–H groups in total. The number of rotatable bonds is 6. The van der Waals surface area contributed by atoms with E-state index >= 15 is 0 Å². The summed E-state index contributed by atoms with van der Waals surface area (Å²) in [5, 5.41) is 0.177. The van der Waals surface area contributed by atoms with E-state index in [0.29, 0.717) is 0 Å². The van der Waals surface area contributed by atoms with E-state index in [9.17, 15) is 0 Å². The molecule has 36 heavy (non-hydrogen) atoms. The van der Waals surface area contributed by atoms with Gasteiger partial charge >= 0.3 is 0 Å². The lowest BCUT2D eigenvalue weighted by molar-refractivity contribution is 0.0699. The maximum absolute atomic E-state index is 6.44. The summed E-state index contributed by atoms with van der Waals surface area (Å²) in [6, 6.07) is 25.6. The van der Waals surface area contributed by atoms with E-state index in [1.165, 1.54) is 16.7 Å². The Hall–Kier alpha value is -2.40. The quantitative estimate of drug-likeness (QED) is 0.220. The van der Waals surface area contributed by atoms with Crippen LogP contribution in [-0.4, -0.2) is 15.4 Å². The SMILES string of the molecule is COC1(c2ccc(-c3ccc(O[Si](C)(C)C(C)(C)C)cc3)cc2)C=CC(C)(c2ccc(Br)cc2)C=C1. The summed E-state index contributed by atoms with van der Waals surface area (Å²) in [5.74, 6) is 0.951. The molecule has 1 aliphatic rings. The summed E-state index contributed by atoms with van der Waals surface area (Å²) < 4.78 is 13.6. The Morgan fingerprint density at radius 1 is 0.694 bits per heavy atom. The topological polar surface area (TPSA) is 18.5 Å². The van der Waals surface area contributed by atoms with Crippen LogP contribution >= 0.6 is 15.9 Å². The van der Waals surface area contributed by atoms with Crippen LogP contribution < -0.4 is 4.43 Å². The van der Waals surface area contributed by atoms with Gasteiger partial charge in [-0.2, -0.15) is 0 Å². The standard InChI is InChI=1S/C32H37BrO2Si/c1-30(2,3)36(6,7)35-29-18-10-25(11-19-29)24-8-12-27(13-9-24)32(34-5)22-20-31(4,21-23-32)26-14-16-28(33)17-15-26/h8-23H,1-7H3. The second-order valence-electron chi connectivity index (χ2n) is 11.4. The second kappa shape index (κ2) is 9.81. The highest BCUT2D eigenvalue weighted by Gasteiger charge is 2.39. The molecule has 0 heterocycles. The van der Waals surface area contributed by atoms with Crippen molar-refractivity contribution in [1.29, 1.82) is 0 Å². The molecule has 2 nitrogen and oxygen atoms in total. The first-order valence-electron chi connectivity index (χ1n) is 12.5. The van der Waals surface area contributed by atoms with Crippen molar-refractivity contribution in [1.82, 2.24) is 0 Å². The van der Waals surface area contributed by atoms with Gasteiger partial charge in [-0.3, -0.25) is 0 Å². The maximum atomic E-state index is 6.44. The minimum absolute atomic E-state index is 0.170. The van der Waals surface area contributed by atoms with Gasteiger partial charge in [0.05, 0.1) is 0 Å². The van der Waals surface area contributed by atoms with Gasteiger partial charge in [-0.25, -0.2) is 0 Å². The molecule has 0 spiro atoms. The summed E-state index contributed by atoms with van der Waals surface area (Å²) >= 11 is 3.53. The normalized spacial score (nSPS) is 22.0. The highest BCUT2D eigenvalue weighted by atomic mass is 79.9. The molecule has 0 aliphatic heterocycles. The number of methoxy groups -OCH3 is 1. The lowest BCUT2D eigenvalue weighted by Crippen LogP contribution is -2.43. The number of hydrogen-bond donors (Lipinski definition) is 0. The molecule has 3 aromatic carbocycles. The van der Waals surface area contributed by atoms with Crippen LogP contribution in [0.2, 0.25) is 18.1 Å². The van der Waals surface area contributed by atoms with Crippen LogP contribution in [0.3, 0.4) is 0 Å². The Bertz CT molecular complexity index is 1230. The zero-order chi connectivity index (χ0) is 26.2. The van der Waals surface area contributed by atoms with Crippen LogP contribution in [0.4, 0.5) is 0 Å². The van der Waals surface area contributed by atoms with Gasteiger partial charge in [0.15, 0.2) is 0 Å². The molecule has 0 unspecified atom stereocenters. The summed E-state index contributed by atoms with van der Waals surface area (Å²) in [5.41, 5.74) is 3.96. The molecule has 0 saturated heterocycles. The molecule has 4 heteroatoms. The van der Waals surface area contributed by atoms with Gasteiger partial charge in [-0.05, 0) is 83.7 Å². The van der Waals surface area contributed by atoms with Crippen LogP contribution in [0.5, 0.6) is 5.75 Å². The molecule has 0 saturated carbocycles. The third-order valence-corrected chi connectivity index (χ3v) is 12.7. The second-order valence-corrected chi connectivity index (χ2v) is 17.1. The van der Waals surface area contributed by atoms with Crippen LogP contribution in [0.1, 0.15) is 38.8 Å². The molecule has 4 rings (SSSR count). The Balaban J connectivity index is 1.53. The molecular weight excluding hydrogens is 524 g/mol. The van der Waals surface area contributed by atoms with E-state index in [1.54, 1.807) is 7.11 Å². The monoisotopic (exact) mass is 560 g/mol. The van der Waals surface area contributed by atoms with Crippen molar-refractivity contribution >= 4 is 24.2 Å². The van der Waals surface area contributed by atoms with Crippen LogP contribution in [0.15, 0.2) is 102 Å². The predicted octanol–water partition coefficient (Wildman–Crippen LogP) is 9.43. The molecule has 0 atom stereocenters. The molecule has 0 bridgehead atoms. The van der Waals surface area contributed by atoms with Crippen molar-refractivity contribution in [2.24, 2.45) is 0 Å². The van der Waals surface area contributed by atoms with Gasteiger partial charge in [-0.15, -0.1) is 0 Å². The van der Waals surface area contributed by atoms with E-state index in [2.05, 4.69) is 154 Å². The van der Waals surface area contributed by atoms with Crippen molar-refractivity contribution in [2.75, 3.05) is 7.11 Å². The lowest BCUT2D eigenvalue weighted by Gasteiger charge is -2.36. The fourth-order valence-electron chi connectivity index (χ4n) is 4.24. The highest BCUT2D eigenvalue weighted by molar-refractivity contribution is 9.10. The van der Waals surface area contributed by atoms with Gasteiger partial charge in [0.2, 0.25) is 8.32 Å². The van der Waals surface area contributed by atoms with Crippen molar-refractivity contribution in [2.45, 2.75) is 56.8 Å². The minimum Gasteiger partial charge on any atom is -0.544 e. The maximum Gasteiger partial charge on any atom is 0.250 e.